The topological polar surface area (TPSA) is 65.8 Å². The first-order valence-electron chi connectivity index (χ1n) is 8.63. The Balaban J connectivity index is 1.36. The summed E-state index contributed by atoms with van der Waals surface area (Å²) in [7, 11) is 0. The van der Waals surface area contributed by atoms with E-state index in [9.17, 15) is 4.79 Å². The molecule has 2 heterocycles. The average molecular weight is 349 g/mol. The van der Waals surface area contributed by atoms with Crippen LogP contribution >= 0.6 is 0 Å². The number of benzene rings is 2. The monoisotopic (exact) mass is 349 g/mol. The van der Waals surface area contributed by atoms with Crippen LogP contribution in [0, 0.1) is 11.3 Å². The first-order valence-corrected chi connectivity index (χ1v) is 8.63. The number of piperazine rings is 1. The van der Waals surface area contributed by atoms with Gasteiger partial charge in [-0.25, -0.2) is 0 Å². The summed E-state index contributed by atoms with van der Waals surface area (Å²) in [6.45, 7) is 4.00. The number of ether oxygens (including phenoxy) is 2. The number of carbonyl (C=O) groups excluding carboxylic acids is 1. The largest absolute Gasteiger partial charge is 0.454 e. The van der Waals surface area contributed by atoms with Crippen molar-refractivity contribution in [1.82, 2.24) is 9.80 Å². The van der Waals surface area contributed by atoms with E-state index < -0.39 is 0 Å². The molecule has 1 amide bonds. The molecule has 1 fully saturated rings. The normalized spacial score (nSPS) is 16.3. The second kappa shape index (κ2) is 7.06. The molecule has 0 atom stereocenters. The highest BCUT2D eigenvalue weighted by Crippen LogP contribution is 2.32. The van der Waals surface area contributed by atoms with Crippen molar-refractivity contribution in [2.75, 3.05) is 33.0 Å². The van der Waals surface area contributed by atoms with E-state index in [0.717, 1.165) is 25.2 Å². The van der Waals surface area contributed by atoms with Crippen LogP contribution in [0.2, 0.25) is 0 Å². The molecule has 0 bridgehead atoms. The number of hydrogen-bond acceptors (Lipinski definition) is 5. The molecule has 6 heteroatoms. The summed E-state index contributed by atoms with van der Waals surface area (Å²) < 4.78 is 10.6. The van der Waals surface area contributed by atoms with Crippen molar-refractivity contribution < 1.29 is 14.3 Å². The van der Waals surface area contributed by atoms with E-state index in [0.29, 0.717) is 35.7 Å². The molecule has 0 unspecified atom stereocenters. The first-order chi connectivity index (χ1) is 12.7. The molecule has 132 valence electrons. The summed E-state index contributed by atoms with van der Waals surface area (Å²) in [5.74, 6) is 1.34. The van der Waals surface area contributed by atoms with Gasteiger partial charge in [-0.2, -0.15) is 5.26 Å². The smallest absolute Gasteiger partial charge is 0.254 e. The minimum atomic E-state index is 0.0226. The fraction of sp³-hybridized carbons (Fsp3) is 0.300. The Bertz CT molecular complexity index is 867. The predicted octanol–water partition coefficient (Wildman–Crippen LogP) is 2.24. The molecule has 26 heavy (non-hydrogen) atoms. The fourth-order valence-electron chi connectivity index (χ4n) is 3.32. The quantitative estimate of drug-likeness (QED) is 0.850. The van der Waals surface area contributed by atoms with Crippen LogP contribution in [0.15, 0.2) is 42.5 Å². The average Bonchev–Trinajstić information content (AvgIpc) is 3.16. The van der Waals surface area contributed by atoms with Gasteiger partial charge in [-0.3, -0.25) is 9.69 Å². The first kappa shape index (κ1) is 16.4. The van der Waals surface area contributed by atoms with Crippen molar-refractivity contribution in [2.45, 2.75) is 6.54 Å². The van der Waals surface area contributed by atoms with Gasteiger partial charge in [-0.05, 0) is 35.9 Å². The summed E-state index contributed by atoms with van der Waals surface area (Å²) in [6, 6.07) is 15.2. The van der Waals surface area contributed by atoms with Gasteiger partial charge in [-0.1, -0.05) is 12.1 Å². The minimum absolute atomic E-state index is 0.0226. The maximum absolute atomic E-state index is 12.7. The van der Waals surface area contributed by atoms with Crippen molar-refractivity contribution in [3.05, 3.63) is 59.2 Å². The third-order valence-electron chi connectivity index (χ3n) is 4.74. The van der Waals surface area contributed by atoms with E-state index in [4.69, 9.17) is 14.7 Å². The highest BCUT2D eigenvalue weighted by atomic mass is 16.7. The lowest BCUT2D eigenvalue weighted by molar-refractivity contribution is 0.0628. The molecule has 0 spiro atoms. The van der Waals surface area contributed by atoms with Gasteiger partial charge < -0.3 is 14.4 Å². The molecule has 2 aromatic carbocycles. The molecule has 6 nitrogen and oxygen atoms in total. The van der Waals surface area contributed by atoms with Crippen molar-refractivity contribution in [1.29, 1.82) is 5.26 Å². The SMILES string of the molecule is N#Cc1cccc(CN2CCN(C(=O)c3ccc4c(c3)OCO4)CC2)c1. The lowest BCUT2D eigenvalue weighted by atomic mass is 10.1. The molecule has 1 saturated heterocycles. The molecule has 2 aliphatic heterocycles. The summed E-state index contributed by atoms with van der Waals surface area (Å²) in [6.07, 6.45) is 0. The van der Waals surface area contributed by atoms with Crippen LogP contribution in [-0.2, 0) is 6.54 Å². The Labute approximate surface area is 152 Å². The van der Waals surface area contributed by atoms with Gasteiger partial charge in [0.25, 0.3) is 5.91 Å². The maximum atomic E-state index is 12.7. The van der Waals surface area contributed by atoms with Crippen LogP contribution in [0.1, 0.15) is 21.5 Å². The fourth-order valence-corrected chi connectivity index (χ4v) is 3.32. The number of fused-ring (bicyclic) bond motifs is 1. The van der Waals surface area contributed by atoms with Gasteiger partial charge in [0, 0.05) is 38.3 Å². The Morgan fingerprint density at radius 1 is 1.04 bits per heavy atom. The van der Waals surface area contributed by atoms with Crippen molar-refractivity contribution in [3.63, 3.8) is 0 Å². The highest BCUT2D eigenvalue weighted by molar-refractivity contribution is 5.95. The van der Waals surface area contributed by atoms with E-state index in [-0.39, 0.29) is 12.7 Å². The van der Waals surface area contributed by atoms with Crippen molar-refractivity contribution in [3.8, 4) is 17.6 Å². The summed E-state index contributed by atoms with van der Waals surface area (Å²) in [5.41, 5.74) is 2.43. The number of hydrogen-bond donors (Lipinski definition) is 0. The zero-order chi connectivity index (χ0) is 17.9. The van der Waals surface area contributed by atoms with E-state index >= 15 is 0 Å². The predicted molar refractivity (Wildman–Crippen MR) is 94.9 cm³/mol. The molecule has 0 saturated carbocycles. The second-order valence-electron chi connectivity index (χ2n) is 6.45. The molecule has 0 aromatic heterocycles. The van der Waals surface area contributed by atoms with Gasteiger partial charge in [-0.15, -0.1) is 0 Å². The van der Waals surface area contributed by atoms with E-state index in [2.05, 4.69) is 11.0 Å². The maximum Gasteiger partial charge on any atom is 0.254 e. The molecule has 0 aliphatic carbocycles. The van der Waals surface area contributed by atoms with Crippen LogP contribution < -0.4 is 9.47 Å². The van der Waals surface area contributed by atoms with Crippen LogP contribution in [0.5, 0.6) is 11.5 Å². The van der Waals surface area contributed by atoms with Gasteiger partial charge >= 0.3 is 0 Å². The zero-order valence-corrected chi connectivity index (χ0v) is 14.4. The lowest BCUT2D eigenvalue weighted by Gasteiger charge is -2.34. The minimum Gasteiger partial charge on any atom is -0.454 e. The number of carbonyl (C=O) groups is 1. The summed E-state index contributed by atoms with van der Waals surface area (Å²) >= 11 is 0. The second-order valence-corrected chi connectivity index (χ2v) is 6.45. The van der Waals surface area contributed by atoms with Gasteiger partial charge in [0.15, 0.2) is 11.5 Å². The molecule has 2 aliphatic rings. The summed E-state index contributed by atoms with van der Waals surface area (Å²) in [4.78, 5) is 16.9. The highest BCUT2D eigenvalue weighted by Gasteiger charge is 2.24. The van der Waals surface area contributed by atoms with Gasteiger partial charge in [0.2, 0.25) is 6.79 Å². The molecular weight excluding hydrogens is 330 g/mol. The van der Waals surface area contributed by atoms with E-state index in [1.807, 2.05) is 29.2 Å². The standard InChI is InChI=1S/C20H19N3O3/c21-12-15-2-1-3-16(10-15)13-22-6-8-23(9-7-22)20(24)17-4-5-18-19(11-17)26-14-25-18/h1-5,10-11H,6-9,13-14H2. The molecule has 4 rings (SSSR count). The number of amides is 1. The van der Waals surface area contributed by atoms with Gasteiger partial charge in [0.1, 0.15) is 0 Å². The Morgan fingerprint density at radius 2 is 1.85 bits per heavy atom. The molecular formula is C20H19N3O3. The zero-order valence-electron chi connectivity index (χ0n) is 14.4. The summed E-state index contributed by atoms with van der Waals surface area (Å²) in [5, 5.41) is 9.01. The van der Waals surface area contributed by atoms with Crippen LogP contribution in [-0.4, -0.2) is 48.7 Å². The molecule has 0 radical (unpaired) electrons. The molecule has 0 N–H and O–H groups in total. The Kier molecular flexibility index (Phi) is 4.46. The van der Waals surface area contributed by atoms with Crippen molar-refractivity contribution >= 4 is 5.91 Å². The Morgan fingerprint density at radius 3 is 2.65 bits per heavy atom. The molecule has 2 aromatic rings. The number of nitriles is 1. The van der Waals surface area contributed by atoms with E-state index in [1.54, 1.807) is 18.2 Å². The Hall–Kier alpha value is -3.04. The van der Waals surface area contributed by atoms with Crippen LogP contribution in [0.4, 0.5) is 0 Å². The van der Waals surface area contributed by atoms with Gasteiger partial charge in [0.05, 0.1) is 11.6 Å². The third kappa shape index (κ3) is 3.35. The number of nitrogens with zero attached hydrogens (tertiary/aromatic N) is 3. The lowest BCUT2D eigenvalue weighted by Crippen LogP contribution is -2.48. The van der Waals surface area contributed by atoms with Crippen LogP contribution in [0.3, 0.4) is 0 Å². The van der Waals surface area contributed by atoms with Crippen LogP contribution in [0.25, 0.3) is 0 Å². The van der Waals surface area contributed by atoms with Crippen molar-refractivity contribution in [2.24, 2.45) is 0 Å². The number of rotatable bonds is 3. The van der Waals surface area contributed by atoms with E-state index in [1.165, 1.54) is 0 Å². The third-order valence-corrected chi connectivity index (χ3v) is 4.74.